The number of amides is 1. The molecule has 27 heavy (non-hydrogen) atoms. The Balaban J connectivity index is 0.00000210. The van der Waals surface area contributed by atoms with Crippen LogP contribution < -0.4 is 10.6 Å². The first kappa shape index (κ1) is 20.2. The van der Waals surface area contributed by atoms with Crippen molar-refractivity contribution in [3.05, 3.63) is 24.3 Å². The fourth-order valence-electron chi connectivity index (χ4n) is 4.40. The van der Waals surface area contributed by atoms with E-state index >= 15 is 0 Å². The van der Waals surface area contributed by atoms with Gasteiger partial charge in [-0.3, -0.25) is 14.8 Å². The number of aliphatic imine (C=N–C) groups is 1. The summed E-state index contributed by atoms with van der Waals surface area (Å²) < 4.78 is 6.05. The van der Waals surface area contributed by atoms with Gasteiger partial charge in [-0.05, 0) is 19.8 Å². The number of nitrogens with one attached hydrogen (secondary N) is 2. The molecule has 4 heterocycles. The summed E-state index contributed by atoms with van der Waals surface area (Å²) in [6.07, 6.45) is 7.84. The highest BCUT2D eigenvalue weighted by Gasteiger charge is 2.53. The van der Waals surface area contributed by atoms with Crippen LogP contribution in [-0.4, -0.2) is 71.7 Å². The van der Waals surface area contributed by atoms with Crippen LogP contribution in [0.15, 0.2) is 23.6 Å². The first-order valence-corrected chi connectivity index (χ1v) is 9.49. The van der Waals surface area contributed by atoms with Crippen LogP contribution in [0, 0.1) is 11.8 Å². The van der Waals surface area contributed by atoms with Gasteiger partial charge in [0.15, 0.2) is 5.96 Å². The maximum Gasteiger partial charge on any atom is 0.271 e. The first-order chi connectivity index (χ1) is 12.8. The van der Waals surface area contributed by atoms with E-state index in [9.17, 15) is 4.79 Å². The number of hydrogen-bond acceptors (Lipinski definition) is 5. The lowest BCUT2D eigenvalue weighted by atomic mass is 9.82. The molecule has 2 bridgehead atoms. The predicted octanol–water partition coefficient (Wildman–Crippen LogP) is 0.899. The maximum atomic E-state index is 12.0. The van der Waals surface area contributed by atoms with Gasteiger partial charge < -0.3 is 20.3 Å². The van der Waals surface area contributed by atoms with Crippen LogP contribution >= 0.6 is 24.0 Å². The summed E-state index contributed by atoms with van der Waals surface area (Å²) in [6, 6.07) is 0. The van der Waals surface area contributed by atoms with E-state index in [2.05, 4.69) is 32.4 Å². The van der Waals surface area contributed by atoms with Crippen molar-refractivity contribution in [1.29, 1.82) is 0 Å². The zero-order chi connectivity index (χ0) is 17.9. The minimum absolute atomic E-state index is 0. The maximum absolute atomic E-state index is 12.0. The molecule has 3 aliphatic heterocycles. The van der Waals surface area contributed by atoms with Crippen molar-refractivity contribution in [2.24, 2.45) is 16.8 Å². The molecule has 1 amide bonds. The zero-order valence-electron chi connectivity index (χ0n) is 15.5. The SMILES string of the molecule is CCNC(=NCCNC(=O)c1cnccn1)N1CC2C3CCC(O3)C2C1.I. The number of halogens is 1. The third-order valence-corrected chi connectivity index (χ3v) is 5.54. The molecule has 3 saturated heterocycles. The van der Waals surface area contributed by atoms with E-state index in [-0.39, 0.29) is 29.9 Å². The average molecular weight is 486 g/mol. The molecule has 4 unspecified atom stereocenters. The van der Waals surface area contributed by atoms with Crippen LogP contribution in [0.25, 0.3) is 0 Å². The van der Waals surface area contributed by atoms with Gasteiger partial charge in [-0.2, -0.15) is 0 Å². The minimum Gasteiger partial charge on any atom is -0.374 e. The van der Waals surface area contributed by atoms with E-state index in [0.717, 1.165) is 25.6 Å². The molecule has 0 saturated carbocycles. The second-order valence-electron chi connectivity index (χ2n) is 7.11. The van der Waals surface area contributed by atoms with Gasteiger partial charge in [0, 0.05) is 50.4 Å². The number of nitrogens with zero attached hydrogens (tertiary/aromatic N) is 4. The van der Waals surface area contributed by atoms with Gasteiger partial charge in [-0.15, -0.1) is 24.0 Å². The molecule has 3 fully saturated rings. The lowest BCUT2D eigenvalue weighted by Crippen LogP contribution is -2.41. The number of carbonyl (C=O) groups is 1. The van der Waals surface area contributed by atoms with Crippen LogP contribution in [0.3, 0.4) is 0 Å². The summed E-state index contributed by atoms with van der Waals surface area (Å²) in [5, 5.41) is 6.22. The van der Waals surface area contributed by atoms with Crippen LogP contribution in [0.2, 0.25) is 0 Å². The molecular weight excluding hydrogens is 459 g/mol. The standard InChI is InChI=1S/C18H26N6O2.HI/c1-2-20-18(23-8-7-22-17(25)14-9-19-5-6-21-14)24-10-12-13(11-24)16-4-3-15(12)26-16;/h5-6,9,12-13,15-16H,2-4,7-8,10-11H2,1H3,(H,20,23)(H,22,25);1H. The summed E-state index contributed by atoms with van der Waals surface area (Å²) in [7, 11) is 0. The lowest BCUT2D eigenvalue weighted by molar-refractivity contribution is 0.0767. The predicted molar refractivity (Wildman–Crippen MR) is 112 cm³/mol. The average Bonchev–Trinajstić information content (AvgIpc) is 3.38. The Morgan fingerprint density at radius 2 is 2.00 bits per heavy atom. The van der Waals surface area contributed by atoms with E-state index in [0.29, 0.717) is 42.8 Å². The number of rotatable bonds is 5. The summed E-state index contributed by atoms with van der Waals surface area (Å²) in [6.45, 7) is 5.95. The van der Waals surface area contributed by atoms with Crippen molar-refractivity contribution in [1.82, 2.24) is 25.5 Å². The Kier molecular flexibility index (Phi) is 6.85. The number of guanidine groups is 1. The van der Waals surface area contributed by atoms with E-state index in [4.69, 9.17) is 9.73 Å². The monoisotopic (exact) mass is 486 g/mol. The van der Waals surface area contributed by atoms with Gasteiger partial charge in [-0.1, -0.05) is 0 Å². The van der Waals surface area contributed by atoms with Crippen molar-refractivity contribution >= 4 is 35.8 Å². The molecule has 2 N–H and O–H groups in total. The highest BCUT2D eigenvalue weighted by molar-refractivity contribution is 14.0. The molecule has 0 spiro atoms. The van der Waals surface area contributed by atoms with Crippen LogP contribution in [-0.2, 0) is 4.74 Å². The molecule has 0 aliphatic carbocycles. The van der Waals surface area contributed by atoms with Gasteiger partial charge in [0.05, 0.1) is 24.9 Å². The molecule has 9 heteroatoms. The summed E-state index contributed by atoms with van der Waals surface area (Å²) in [4.78, 5) is 26.9. The van der Waals surface area contributed by atoms with Crippen molar-refractivity contribution in [3.8, 4) is 0 Å². The van der Waals surface area contributed by atoms with E-state index in [1.54, 1.807) is 6.20 Å². The number of likely N-dealkylation sites (tertiary alicyclic amines) is 1. The van der Waals surface area contributed by atoms with Crippen molar-refractivity contribution in [3.63, 3.8) is 0 Å². The van der Waals surface area contributed by atoms with E-state index in [1.165, 1.54) is 25.2 Å². The smallest absolute Gasteiger partial charge is 0.271 e. The largest absolute Gasteiger partial charge is 0.374 e. The molecule has 1 aromatic rings. The molecule has 0 radical (unpaired) electrons. The molecule has 148 valence electrons. The lowest BCUT2D eigenvalue weighted by Gasteiger charge is -2.23. The van der Waals surface area contributed by atoms with Gasteiger partial charge in [-0.25, -0.2) is 4.98 Å². The van der Waals surface area contributed by atoms with Crippen LogP contribution in [0.4, 0.5) is 0 Å². The van der Waals surface area contributed by atoms with Gasteiger partial charge in [0.2, 0.25) is 0 Å². The summed E-state index contributed by atoms with van der Waals surface area (Å²) in [5.41, 5.74) is 0.325. The second kappa shape index (κ2) is 9.13. The van der Waals surface area contributed by atoms with Gasteiger partial charge in [0.1, 0.15) is 5.69 Å². The fourth-order valence-corrected chi connectivity index (χ4v) is 4.40. The number of hydrogen-bond donors (Lipinski definition) is 2. The Labute approximate surface area is 176 Å². The molecule has 1 aromatic heterocycles. The number of ether oxygens (including phenoxy) is 1. The third-order valence-electron chi connectivity index (χ3n) is 5.54. The van der Waals surface area contributed by atoms with Crippen LogP contribution in [0.1, 0.15) is 30.3 Å². The normalized spacial score (nSPS) is 28.6. The molecule has 0 aromatic carbocycles. The van der Waals surface area contributed by atoms with Crippen molar-refractivity contribution < 1.29 is 9.53 Å². The molecule has 4 atom stereocenters. The zero-order valence-corrected chi connectivity index (χ0v) is 17.8. The Hall–Kier alpha value is -1.49. The Bertz CT molecular complexity index is 655. The fraction of sp³-hybridized carbons (Fsp3) is 0.667. The number of fused-ring (bicyclic) bond motifs is 5. The summed E-state index contributed by atoms with van der Waals surface area (Å²) in [5.74, 6) is 2.01. The molecular formula is C18H27IN6O2. The third kappa shape index (κ3) is 4.34. The molecule has 3 aliphatic rings. The Morgan fingerprint density at radius 3 is 2.63 bits per heavy atom. The first-order valence-electron chi connectivity index (χ1n) is 9.49. The van der Waals surface area contributed by atoms with Crippen molar-refractivity contribution in [2.45, 2.75) is 32.0 Å². The number of carbonyl (C=O) groups excluding carboxylic acids is 1. The van der Waals surface area contributed by atoms with Gasteiger partial charge >= 0.3 is 0 Å². The quantitative estimate of drug-likeness (QED) is 0.278. The summed E-state index contributed by atoms with van der Waals surface area (Å²) >= 11 is 0. The number of aromatic nitrogens is 2. The minimum atomic E-state index is -0.220. The second-order valence-corrected chi connectivity index (χ2v) is 7.11. The Morgan fingerprint density at radius 1 is 1.26 bits per heavy atom. The topological polar surface area (TPSA) is 91.7 Å². The van der Waals surface area contributed by atoms with E-state index < -0.39 is 0 Å². The highest BCUT2D eigenvalue weighted by Crippen LogP contribution is 2.47. The molecule has 4 rings (SSSR count). The van der Waals surface area contributed by atoms with Crippen molar-refractivity contribution in [2.75, 3.05) is 32.7 Å². The highest BCUT2D eigenvalue weighted by atomic mass is 127. The van der Waals surface area contributed by atoms with Crippen LogP contribution in [0.5, 0.6) is 0 Å². The van der Waals surface area contributed by atoms with Gasteiger partial charge in [0.25, 0.3) is 5.91 Å². The van der Waals surface area contributed by atoms with E-state index in [1.807, 2.05) is 0 Å². The molecule has 8 nitrogen and oxygen atoms in total.